The standard InChI is InChI=1S/C15H13N3O8S3/c1-25-15(13(24)18-6-4(2-26-10(6)23)3-27-14(15)18)17-8(20)12-28-11(29-12)5(7(16)19)9(21)22/h12,14H,2-3H2,1H3,(H2,16,19)(H,17,20)(H,21,22)/t12?,14-,15+/m1/s1. The number of aliphatic carboxylic acids is 1. The van der Waals surface area contributed by atoms with Crippen LogP contribution in [0.15, 0.2) is 21.1 Å². The SMILES string of the molecule is CO[C@@]1(NC(=O)C2SC(=C(C(N)=O)C(=O)O)S2)C(=O)N2C3=C(COC3=O)CS[C@@H]21. The maximum atomic E-state index is 12.8. The van der Waals surface area contributed by atoms with Crippen LogP contribution in [-0.4, -0.2) is 74.8 Å². The highest BCUT2D eigenvalue weighted by atomic mass is 32.3. The molecule has 4 rings (SSSR count). The summed E-state index contributed by atoms with van der Waals surface area (Å²) in [5, 5.41) is 11.0. The van der Waals surface area contributed by atoms with E-state index in [1.54, 1.807) is 0 Å². The number of nitrogens with two attached hydrogens (primary N) is 1. The van der Waals surface area contributed by atoms with Crippen molar-refractivity contribution >= 4 is 64.9 Å². The van der Waals surface area contributed by atoms with E-state index < -0.39 is 50.9 Å². The Labute approximate surface area is 175 Å². The lowest BCUT2D eigenvalue weighted by Crippen LogP contribution is -2.81. The molecule has 11 nitrogen and oxygen atoms in total. The molecular formula is C15H13N3O8S3. The van der Waals surface area contributed by atoms with Gasteiger partial charge < -0.3 is 25.6 Å². The van der Waals surface area contributed by atoms with Gasteiger partial charge in [0.2, 0.25) is 5.91 Å². The molecule has 0 aromatic carbocycles. The quantitative estimate of drug-likeness (QED) is 0.112. The lowest BCUT2D eigenvalue weighted by Gasteiger charge is -2.55. The summed E-state index contributed by atoms with van der Waals surface area (Å²) in [6.45, 7) is 0.139. The van der Waals surface area contributed by atoms with E-state index >= 15 is 0 Å². The minimum Gasteiger partial charge on any atom is -0.477 e. The van der Waals surface area contributed by atoms with Crippen molar-refractivity contribution in [2.45, 2.75) is 15.7 Å². The third-order valence-electron chi connectivity index (χ3n) is 4.62. The summed E-state index contributed by atoms with van der Waals surface area (Å²) in [6, 6.07) is 0. The number of nitrogens with zero attached hydrogens (tertiary/aromatic N) is 1. The van der Waals surface area contributed by atoms with Crippen LogP contribution >= 0.6 is 35.3 Å². The van der Waals surface area contributed by atoms with E-state index in [0.717, 1.165) is 23.5 Å². The Morgan fingerprint density at radius 2 is 2.03 bits per heavy atom. The number of cyclic esters (lactones) is 1. The number of methoxy groups -OCH3 is 1. The van der Waals surface area contributed by atoms with Gasteiger partial charge in [0.25, 0.3) is 17.5 Å². The molecule has 3 amide bonds. The van der Waals surface area contributed by atoms with Gasteiger partial charge in [0.15, 0.2) is 0 Å². The highest BCUT2D eigenvalue weighted by Crippen LogP contribution is 2.54. The van der Waals surface area contributed by atoms with Gasteiger partial charge in [-0.2, -0.15) is 0 Å². The molecule has 29 heavy (non-hydrogen) atoms. The lowest BCUT2D eigenvalue weighted by molar-refractivity contribution is -0.191. The van der Waals surface area contributed by atoms with Gasteiger partial charge in [-0.1, -0.05) is 23.5 Å². The number of primary amides is 1. The second-order valence-corrected chi connectivity index (χ2v) is 10.1. The van der Waals surface area contributed by atoms with Gasteiger partial charge >= 0.3 is 11.9 Å². The topological polar surface area (TPSA) is 165 Å². The summed E-state index contributed by atoms with van der Waals surface area (Å²) < 4.78 is 9.67. The molecule has 2 saturated heterocycles. The van der Waals surface area contributed by atoms with Crippen LogP contribution in [-0.2, 0) is 33.4 Å². The maximum Gasteiger partial charge on any atom is 0.355 e. The Morgan fingerprint density at radius 3 is 2.62 bits per heavy atom. The Morgan fingerprint density at radius 1 is 1.34 bits per heavy atom. The van der Waals surface area contributed by atoms with Gasteiger partial charge in [-0.15, -0.1) is 11.8 Å². The number of hydrogen-bond acceptors (Lipinski definition) is 10. The Hall–Kier alpha value is -2.16. The zero-order chi connectivity index (χ0) is 21.1. The number of carboxylic acid groups (broad SMARTS) is 1. The molecule has 154 valence electrons. The van der Waals surface area contributed by atoms with E-state index in [2.05, 4.69) is 5.32 Å². The number of hydrogen-bond donors (Lipinski definition) is 3. The number of nitrogens with one attached hydrogen (secondary N) is 1. The molecule has 4 N–H and O–H groups in total. The summed E-state index contributed by atoms with van der Waals surface area (Å²) in [4.78, 5) is 61.0. The predicted molar refractivity (Wildman–Crippen MR) is 102 cm³/mol. The van der Waals surface area contributed by atoms with Crippen molar-refractivity contribution in [1.29, 1.82) is 0 Å². The normalized spacial score (nSPS) is 30.0. The Bertz CT molecular complexity index is 923. The number of rotatable bonds is 5. The van der Waals surface area contributed by atoms with Crippen molar-refractivity contribution in [1.82, 2.24) is 10.2 Å². The zero-order valence-corrected chi connectivity index (χ0v) is 17.1. The number of carbonyl (C=O) groups excluding carboxylic acids is 4. The lowest BCUT2D eigenvalue weighted by atomic mass is 9.99. The molecule has 0 saturated carbocycles. The van der Waals surface area contributed by atoms with Crippen molar-refractivity contribution in [3.63, 3.8) is 0 Å². The average molecular weight is 459 g/mol. The molecule has 4 aliphatic rings. The molecule has 0 unspecified atom stereocenters. The molecule has 4 aliphatic heterocycles. The van der Waals surface area contributed by atoms with Crippen molar-refractivity contribution in [3.05, 3.63) is 21.1 Å². The molecule has 0 bridgehead atoms. The van der Waals surface area contributed by atoms with Crippen molar-refractivity contribution in [3.8, 4) is 0 Å². The second kappa shape index (κ2) is 6.97. The van der Waals surface area contributed by atoms with Crippen molar-refractivity contribution in [2.24, 2.45) is 5.73 Å². The van der Waals surface area contributed by atoms with Crippen LogP contribution in [0.1, 0.15) is 0 Å². The third-order valence-corrected chi connectivity index (χ3v) is 8.84. The molecule has 2 fully saturated rings. The van der Waals surface area contributed by atoms with Crippen LogP contribution < -0.4 is 11.1 Å². The summed E-state index contributed by atoms with van der Waals surface area (Å²) in [5.74, 6) is -3.88. The van der Waals surface area contributed by atoms with Gasteiger partial charge in [-0.25, -0.2) is 9.59 Å². The van der Waals surface area contributed by atoms with Gasteiger partial charge in [0.1, 0.15) is 27.8 Å². The van der Waals surface area contributed by atoms with Gasteiger partial charge in [0, 0.05) is 18.4 Å². The molecule has 0 radical (unpaired) electrons. The van der Waals surface area contributed by atoms with E-state index in [0.29, 0.717) is 11.3 Å². The first-order valence-electron chi connectivity index (χ1n) is 8.03. The summed E-state index contributed by atoms with van der Waals surface area (Å²) in [5.41, 5.74) is 3.73. The van der Waals surface area contributed by atoms with Crippen LogP contribution in [0.3, 0.4) is 0 Å². The molecule has 14 heteroatoms. The van der Waals surface area contributed by atoms with E-state index in [9.17, 15) is 24.0 Å². The zero-order valence-electron chi connectivity index (χ0n) is 14.6. The first kappa shape index (κ1) is 20.1. The van der Waals surface area contributed by atoms with Gasteiger partial charge in [-0.05, 0) is 0 Å². The van der Waals surface area contributed by atoms with Crippen LogP contribution in [0, 0.1) is 0 Å². The minimum atomic E-state index is -1.65. The smallest absolute Gasteiger partial charge is 0.355 e. The molecule has 4 heterocycles. The second-order valence-electron chi connectivity index (χ2n) is 6.20. The molecule has 0 aromatic heterocycles. The number of ether oxygens (including phenoxy) is 2. The molecule has 2 atom stereocenters. The fraction of sp³-hybridized carbons (Fsp3) is 0.400. The minimum absolute atomic E-state index is 0.119. The number of amides is 3. The Balaban J connectivity index is 1.49. The van der Waals surface area contributed by atoms with E-state index in [1.165, 1.54) is 23.8 Å². The van der Waals surface area contributed by atoms with E-state index in [4.69, 9.17) is 20.3 Å². The van der Waals surface area contributed by atoms with Gasteiger partial charge in [0.05, 0.1) is 4.24 Å². The van der Waals surface area contributed by atoms with Crippen molar-refractivity contribution < 1.29 is 38.6 Å². The van der Waals surface area contributed by atoms with E-state index in [-0.39, 0.29) is 16.5 Å². The fourth-order valence-electron chi connectivity index (χ4n) is 3.23. The first-order valence-corrected chi connectivity index (χ1v) is 10.8. The van der Waals surface area contributed by atoms with Crippen LogP contribution in [0.2, 0.25) is 0 Å². The molecule has 0 aliphatic carbocycles. The number of β-lactam (4-membered cyclic amide) rings is 1. The molecular weight excluding hydrogens is 446 g/mol. The van der Waals surface area contributed by atoms with Crippen LogP contribution in [0.5, 0.6) is 0 Å². The van der Waals surface area contributed by atoms with Crippen LogP contribution in [0.4, 0.5) is 0 Å². The number of esters is 1. The summed E-state index contributed by atoms with van der Waals surface area (Å²) in [6.07, 6.45) is 0. The average Bonchev–Trinajstić information content (AvgIpc) is 3.00. The first-order chi connectivity index (χ1) is 13.7. The molecule has 0 spiro atoms. The number of carboxylic acids is 1. The highest BCUT2D eigenvalue weighted by molar-refractivity contribution is 8.39. The number of thioether (sulfide) groups is 3. The monoisotopic (exact) mass is 459 g/mol. The number of carbonyl (C=O) groups is 5. The fourth-order valence-corrected chi connectivity index (χ4v) is 6.86. The predicted octanol–water partition coefficient (Wildman–Crippen LogP) is -1.24. The largest absolute Gasteiger partial charge is 0.477 e. The summed E-state index contributed by atoms with van der Waals surface area (Å²) >= 11 is 3.05. The van der Waals surface area contributed by atoms with E-state index in [1.807, 2.05) is 0 Å². The van der Waals surface area contributed by atoms with Gasteiger partial charge in [-0.3, -0.25) is 19.3 Å². The third kappa shape index (κ3) is 2.85. The number of fused-ring (bicyclic) bond motifs is 2. The Kier molecular flexibility index (Phi) is 4.83. The van der Waals surface area contributed by atoms with Crippen LogP contribution in [0.25, 0.3) is 0 Å². The maximum absolute atomic E-state index is 12.8. The highest BCUT2D eigenvalue weighted by Gasteiger charge is 2.67. The summed E-state index contributed by atoms with van der Waals surface area (Å²) in [7, 11) is 1.27. The van der Waals surface area contributed by atoms with Crippen molar-refractivity contribution in [2.75, 3.05) is 19.5 Å². The molecule has 0 aromatic rings.